The van der Waals surface area contributed by atoms with E-state index < -0.39 is 22.8 Å². The molecule has 4 nitrogen and oxygen atoms in total. The van der Waals surface area contributed by atoms with Gasteiger partial charge in [0.1, 0.15) is 5.75 Å². The van der Waals surface area contributed by atoms with Gasteiger partial charge in [0.05, 0.1) is 11.1 Å². The van der Waals surface area contributed by atoms with Crippen LogP contribution in [0.5, 0.6) is 5.75 Å². The summed E-state index contributed by atoms with van der Waals surface area (Å²) in [5, 5.41) is 11.5. The van der Waals surface area contributed by atoms with E-state index in [0.717, 1.165) is 24.0 Å². The average Bonchev–Trinajstić information content (AvgIpc) is 2.92. The maximum Gasteiger partial charge on any atom is 0.346 e. The molecule has 0 aromatic heterocycles. The first-order valence-electron chi connectivity index (χ1n) is 16.6. The zero-order valence-electron chi connectivity index (χ0n) is 27.7. The van der Waals surface area contributed by atoms with E-state index in [-0.39, 0.29) is 5.75 Å². The van der Waals surface area contributed by atoms with Crippen molar-refractivity contribution >= 4 is 11.9 Å². The number of carbonyl (C=O) groups excluding carboxylic acids is 2. The second-order valence-corrected chi connectivity index (χ2v) is 14.1. The monoisotopic (exact) mass is 578 g/mol. The summed E-state index contributed by atoms with van der Waals surface area (Å²) in [5.74, 6) is -1.06. The molecule has 42 heavy (non-hydrogen) atoms. The van der Waals surface area contributed by atoms with E-state index in [0.29, 0.717) is 23.1 Å². The zero-order valence-corrected chi connectivity index (χ0v) is 27.7. The van der Waals surface area contributed by atoms with Gasteiger partial charge in [0, 0.05) is 11.1 Å². The zero-order chi connectivity index (χ0) is 31.2. The fourth-order valence-corrected chi connectivity index (χ4v) is 5.80. The summed E-state index contributed by atoms with van der Waals surface area (Å²) < 4.78 is 5.40. The van der Waals surface area contributed by atoms with E-state index in [1.54, 1.807) is 30.3 Å². The van der Waals surface area contributed by atoms with Gasteiger partial charge in [0.15, 0.2) is 0 Å². The molecule has 0 amide bonds. The molecule has 2 aromatic carbocycles. The minimum atomic E-state index is -0.661. The van der Waals surface area contributed by atoms with Gasteiger partial charge < -0.3 is 9.84 Å². The molecule has 0 radical (unpaired) electrons. The average molecular weight is 579 g/mol. The van der Waals surface area contributed by atoms with Crippen molar-refractivity contribution in [3.8, 4) is 5.75 Å². The van der Waals surface area contributed by atoms with Gasteiger partial charge in [-0.1, -0.05) is 150 Å². The number of rotatable bonds is 17. The van der Waals surface area contributed by atoms with Crippen LogP contribution in [0.1, 0.15) is 176 Å². The molecule has 2 aromatic rings. The summed E-state index contributed by atoms with van der Waals surface area (Å²) in [4.78, 5) is 26.3. The summed E-state index contributed by atoms with van der Waals surface area (Å²) in [6.45, 7) is 14.5. The van der Waals surface area contributed by atoms with Crippen molar-refractivity contribution in [3.63, 3.8) is 0 Å². The van der Waals surface area contributed by atoms with Crippen molar-refractivity contribution in [2.45, 2.75) is 156 Å². The molecule has 0 saturated carbocycles. The van der Waals surface area contributed by atoms with Crippen LogP contribution in [0.4, 0.5) is 0 Å². The lowest BCUT2D eigenvalue weighted by Crippen LogP contribution is -2.23. The van der Waals surface area contributed by atoms with Crippen LogP contribution in [0.3, 0.4) is 0 Å². The lowest BCUT2D eigenvalue weighted by Gasteiger charge is -2.31. The van der Waals surface area contributed by atoms with Crippen LogP contribution in [-0.2, 0) is 22.0 Å². The number of phenols is 1. The number of hydrogen-bond acceptors (Lipinski definition) is 4. The Hall–Kier alpha value is -2.62. The first-order valence-corrected chi connectivity index (χ1v) is 16.6. The number of ether oxygens (including phenoxy) is 1. The predicted octanol–water partition coefficient (Wildman–Crippen LogP) is 11.0. The lowest BCUT2D eigenvalue weighted by molar-refractivity contribution is 0.0397. The van der Waals surface area contributed by atoms with Crippen LogP contribution in [0, 0.1) is 0 Å². The summed E-state index contributed by atoms with van der Waals surface area (Å²) in [7, 11) is 0. The van der Waals surface area contributed by atoms with Gasteiger partial charge in [-0.15, -0.1) is 0 Å². The molecule has 4 heteroatoms. The molecule has 0 bridgehead atoms. The topological polar surface area (TPSA) is 63.6 Å². The highest BCUT2D eigenvalue weighted by Crippen LogP contribution is 2.43. The molecule has 0 spiro atoms. The minimum Gasteiger partial charge on any atom is -0.507 e. The number of esters is 2. The van der Waals surface area contributed by atoms with Crippen molar-refractivity contribution < 1.29 is 19.4 Å². The van der Waals surface area contributed by atoms with E-state index in [4.69, 9.17) is 4.74 Å². The molecule has 0 fully saturated rings. The van der Waals surface area contributed by atoms with Crippen LogP contribution in [0.15, 0.2) is 36.4 Å². The molecule has 0 atom stereocenters. The molecule has 0 aliphatic heterocycles. The Kier molecular flexibility index (Phi) is 14.8. The quantitative estimate of drug-likeness (QED) is 0.115. The number of hydrogen-bond donors (Lipinski definition) is 1. The summed E-state index contributed by atoms with van der Waals surface area (Å²) in [5.41, 5.74) is 2.22. The largest absolute Gasteiger partial charge is 0.507 e. The second kappa shape index (κ2) is 17.5. The Balaban J connectivity index is 2.06. The predicted molar refractivity (Wildman–Crippen MR) is 176 cm³/mol. The maximum atomic E-state index is 13.5. The van der Waals surface area contributed by atoms with Gasteiger partial charge in [-0.3, -0.25) is 0 Å². The molecule has 1 N–H and O–H groups in total. The van der Waals surface area contributed by atoms with Crippen LogP contribution in [-0.4, -0.2) is 17.0 Å². The normalized spacial score (nSPS) is 12.0. The van der Waals surface area contributed by atoms with Gasteiger partial charge in [-0.05, 0) is 47.4 Å². The highest BCUT2D eigenvalue weighted by molar-refractivity contribution is 6.03. The Bertz CT molecular complexity index is 1100. The third-order valence-corrected chi connectivity index (χ3v) is 8.16. The standard InChI is InChI=1S/C38H58O4/c1-8-9-10-11-12-13-14-15-16-17-18-19-20-24-27-30-31(36(41)42-35(40)29-25-22-21-23-26-29)28-32(37(2,3)4)34(39)33(30)38(5,6)7/h21-23,25-26,28,39H,8-20,24,27H2,1-7H3. The lowest BCUT2D eigenvalue weighted by atomic mass is 9.74. The van der Waals surface area contributed by atoms with Crippen LogP contribution >= 0.6 is 0 Å². The Labute approximate surface area is 256 Å². The molecule has 0 heterocycles. The number of aromatic hydroxyl groups is 1. The fourth-order valence-electron chi connectivity index (χ4n) is 5.80. The molecule has 234 valence electrons. The molecule has 0 unspecified atom stereocenters. The van der Waals surface area contributed by atoms with Crippen molar-refractivity contribution in [1.29, 1.82) is 0 Å². The van der Waals surface area contributed by atoms with Gasteiger partial charge in [0.2, 0.25) is 0 Å². The molecule has 2 rings (SSSR count). The van der Waals surface area contributed by atoms with E-state index >= 15 is 0 Å². The van der Waals surface area contributed by atoms with Crippen LogP contribution in [0.25, 0.3) is 0 Å². The molecular weight excluding hydrogens is 520 g/mol. The third-order valence-electron chi connectivity index (χ3n) is 8.16. The van der Waals surface area contributed by atoms with E-state index in [2.05, 4.69) is 27.7 Å². The number of phenolic OH excluding ortho intramolecular Hbond substituents is 1. The first kappa shape index (κ1) is 35.6. The summed E-state index contributed by atoms with van der Waals surface area (Å²) >= 11 is 0. The number of benzene rings is 2. The Morgan fingerprint density at radius 2 is 1.14 bits per heavy atom. The SMILES string of the molecule is CCCCCCCCCCCCCCCCc1c(C(=O)OC(=O)c2ccccc2)cc(C(C)(C)C)c(O)c1C(C)(C)C. The number of unbranched alkanes of at least 4 members (excludes halogenated alkanes) is 13. The van der Waals surface area contributed by atoms with E-state index in [1.165, 1.54) is 77.0 Å². The Morgan fingerprint density at radius 1 is 0.667 bits per heavy atom. The van der Waals surface area contributed by atoms with Gasteiger partial charge >= 0.3 is 11.9 Å². The molecule has 0 saturated heterocycles. The molecule has 0 aliphatic rings. The van der Waals surface area contributed by atoms with Crippen LogP contribution in [0.2, 0.25) is 0 Å². The highest BCUT2D eigenvalue weighted by Gasteiger charge is 2.33. The van der Waals surface area contributed by atoms with Crippen molar-refractivity contribution in [2.75, 3.05) is 0 Å². The number of carbonyl (C=O) groups is 2. The van der Waals surface area contributed by atoms with Gasteiger partial charge in [-0.25, -0.2) is 9.59 Å². The van der Waals surface area contributed by atoms with Crippen molar-refractivity contribution in [3.05, 3.63) is 64.2 Å². The third kappa shape index (κ3) is 11.6. The second-order valence-electron chi connectivity index (χ2n) is 14.1. The van der Waals surface area contributed by atoms with Crippen LogP contribution < -0.4 is 0 Å². The molecule has 0 aliphatic carbocycles. The smallest absolute Gasteiger partial charge is 0.346 e. The van der Waals surface area contributed by atoms with E-state index in [1.807, 2.05) is 26.8 Å². The maximum absolute atomic E-state index is 13.5. The van der Waals surface area contributed by atoms with Gasteiger partial charge in [-0.2, -0.15) is 0 Å². The highest BCUT2D eigenvalue weighted by atomic mass is 16.6. The Morgan fingerprint density at radius 3 is 1.60 bits per heavy atom. The summed E-state index contributed by atoms with van der Waals surface area (Å²) in [6.07, 6.45) is 18.6. The van der Waals surface area contributed by atoms with Crippen molar-refractivity contribution in [2.24, 2.45) is 0 Å². The van der Waals surface area contributed by atoms with Gasteiger partial charge in [0.25, 0.3) is 0 Å². The first-order chi connectivity index (χ1) is 19.9. The van der Waals surface area contributed by atoms with Crippen molar-refractivity contribution in [1.82, 2.24) is 0 Å². The minimum absolute atomic E-state index is 0.251. The summed E-state index contributed by atoms with van der Waals surface area (Å²) in [6, 6.07) is 10.4. The fraction of sp³-hybridized carbons (Fsp3) is 0.632. The molecular formula is C38H58O4. The van der Waals surface area contributed by atoms with E-state index in [9.17, 15) is 14.7 Å².